The molecule has 0 saturated heterocycles. The van der Waals surface area contributed by atoms with Crippen molar-refractivity contribution in [2.24, 2.45) is 0 Å². The van der Waals surface area contributed by atoms with Crippen molar-refractivity contribution in [3.63, 3.8) is 0 Å². The highest BCUT2D eigenvalue weighted by molar-refractivity contribution is 7.90. The third-order valence-electron chi connectivity index (χ3n) is 7.50. The molecule has 224 valence electrons. The molecule has 2 N–H and O–H groups in total. The maximum atomic E-state index is 13.4. The summed E-state index contributed by atoms with van der Waals surface area (Å²) >= 11 is 0. The number of ether oxygens (including phenoxy) is 2. The Labute approximate surface area is 248 Å². The summed E-state index contributed by atoms with van der Waals surface area (Å²) in [5.74, 6) is -1.28. The van der Waals surface area contributed by atoms with Crippen LogP contribution in [-0.2, 0) is 32.4 Å². The number of hydrogen-bond acceptors (Lipinski definition) is 6. The molecule has 0 saturated carbocycles. The van der Waals surface area contributed by atoms with E-state index in [9.17, 15) is 23.1 Å². The third kappa shape index (κ3) is 8.20. The van der Waals surface area contributed by atoms with Gasteiger partial charge in [0.15, 0.2) is 0 Å². The Bertz CT molecular complexity index is 1530. The van der Waals surface area contributed by atoms with E-state index in [1.54, 1.807) is 6.07 Å². The highest BCUT2D eigenvalue weighted by Gasteiger charge is 2.25. The van der Waals surface area contributed by atoms with Gasteiger partial charge >= 0.3 is 5.97 Å². The summed E-state index contributed by atoms with van der Waals surface area (Å²) in [7, 11) is -3.39. The van der Waals surface area contributed by atoms with E-state index in [1.807, 2.05) is 49.4 Å². The number of amides is 1. The third-order valence-corrected chi connectivity index (χ3v) is 8.48. The quantitative estimate of drug-likeness (QED) is 0.247. The lowest BCUT2D eigenvalue weighted by molar-refractivity contribution is -0.139. The molecule has 1 amide bonds. The summed E-state index contributed by atoms with van der Waals surface area (Å²) in [5, 5.41) is 12.2. The largest absolute Gasteiger partial charge is 0.493 e. The number of rotatable bonds is 14. The maximum absolute atomic E-state index is 13.4. The van der Waals surface area contributed by atoms with Crippen molar-refractivity contribution in [1.82, 2.24) is 5.32 Å². The number of aryl methyl sites for hydroxylation is 1. The van der Waals surface area contributed by atoms with Gasteiger partial charge in [-0.05, 0) is 77.4 Å². The van der Waals surface area contributed by atoms with Gasteiger partial charge in [-0.2, -0.15) is 0 Å². The number of nitrogens with one attached hydrogen (secondary N) is 1. The molecule has 1 aliphatic rings. The molecule has 1 aliphatic heterocycles. The van der Waals surface area contributed by atoms with Crippen LogP contribution >= 0.6 is 0 Å². The second kappa shape index (κ2) is 14.0. The van der Waals surface area contributed by atoms with Crippen LogP contribution in [-0.4, -0.2) is 50.1 Å². The summed E-state index contributed by atoms with van der Waals surface area (Å²) in [6, 6.07) is 18.0. The first-order valence-corrected chi connectivity index (χ1v) is 16.4. The fraction of sp³-hybridized carbons (Fsp3) is 0.394. The molecule has 4 rings (SSSR count). The van der Waals surface area contributed by atoms with Gasteiger partial charge < -0.3 is 19.9 Å². The van der Waals surface area contributed by atoms with Crippen LogP contribution < -0.4 is 10.1 Å². The van der Waals surface area contributed by atoms with Gasteiger partial charge in [0.05, 0.1) is 25.1 Å². The van der Waals surface area contributed by atoms with Crippen molar-refractivity contribution in [1.29, 1.82) is 0 Å². The van der Waals surface area contributed by atoms with E-state index in [1.165, 1.54) is 5.56 Å². The minimum atomic E-state index is -3.39. The second-order valence-electron chi connectivity index (χ2n) is 10.9. The highest BCUT2D eigenvalue weighted by atomic mass is 32.2. The number of carboxylic acids is 1. The van der Waals surface area contributed by atoms with Crippen molar-refractivity contribution >= 4 is 21.7 Å². The van der Waals surface area contributed by atoms with Crippen LogP contribution in [0.5, 0.6) is 5.75 Å². The number of fused-ring (bicyclic) bond motifs is 1. The van der Waals surface area contributed by atoms with Gasteiger partial charge in [-0.15, -0.1) is 0 Å². The Morgan fingerprint density at radius 2 is 1.83 bits per heavy atom. The number of carbonyl (C=O) groups is 2. The predicted octanol–water partition coefficient (Wildman–Crippen LogP) is 5.66. The van der Waals surface area contributed by atoms with Crippen molar-refractivity contribution in [3.8, 4) is 16.9 Å². The molecule has 3 aromatic rings. The van der Waals surface area contributed by atoms with Crippen LogP contribution in [0.15, 0.2) is 60.7 Å². The normalized spacial score (nSPS) is 14.1. The van der Waals surface area contributed by atoms with E-state index in [2.05, 4.69) is 24.4 Å². The minimum absolute atomic E-state index is 0.0908. The highest BCUT2D eigenvalue weighted by Crippen LogP contribution is 2.33. The molecule has 8 nitrogen and oxygen atoms in total. The molecule has 0 aromatic heterocycles. The summed E-state index contributed by atoms with van der Waals surface area (Å²) in [6.45, 7) is 5.13. The van der Waals surface area contributed by atoms with Gasteiger partial charge in [0.2, 0.25) is 0 Å². The molecule has 0 aliphatic carbocycles. The molecular weight excluding hydrogens is 554 g/mol. The van der Waals surface area contributed by atoms with Crippen molar-refractivity contribution < 1.29 is 32.6 Å². The van der Waals surface area contributed by atoms with Gasteiger partial charge in [-0.1, -0.05) is 56.2 Å². The van der Waals surface area contributed by atoms with E-state index < -0.39 is 27.8 Å². The molecule has 0 unspecified atom stereocenters. The molecule has 42 heavy (non-hydrogen) atoms. The fourth-order valence-corrected chi connectivity index (χ4v) is 5.81. The maximum Gasteiger partial charge on any atom is 0.326 e. The summed E-state index contributed by atoms with van der Waals surface area (Å²) < 4.78 is 35.4. The number of hydrogen-bond donors (Lipinski definition) is 2. The molecular formula is C33H39NO7S. The average molecular weight is 594 g/mol. The molecule has 3 aromatic carbocycles. The van der Waals surface area contributed by atoms with E-state index >= 15 is 0 Å². The van der Waals surface area contributed by atoms with Gasteiger partial charge in [-0.25, -0.2) is 13.2 Å². The number of carboxylic acid groups (broad SMARTS) is 1. The standard InChI is InChI=1S/C33H39NO7S/c1-4-5-10-30(24-12-14-31-25(20-24)15-17-40-31)41-21-23-11-13-27(28(19-23)26-9-7-6-8-22(26)2)32(35)34-29(33(36)37)16-18-42(3,38)39/h6-9,11-14,19-20,29-30H,4-5,10,15-18,21H2,1-3H3,(H,34,35)(H,36,37)/t29-,30-/m0/s1. The zero-order chi connectivity index (χ0) is 30.3. The summed E-state index contributed by atoms with van der Waals surface area (Å²) in [5.41, 5.74) is 5.95. The number of carbonyl (C=O) groups excluding carboxylic acids is 1. The van der Waals surface area contributed by atoms with Crippen molar-refractivity contribution in [2.45, 2.75) is 64.7 Å². The first-order valence-electron chi connectivity index (χ1n) is 14.3. The summed E-state index contributed by atoms with van der Waals surface area (Å²) in [4.78, 5) is 25.2. The van der Waals surface area contributed by atoms with E-state index in [4.69, 9.17) is 9.47 Å². The number of benzene rings is 3. The molecule has 1 heterocycles. The average Bonchev–Trinajstić information content (AvgIpc) is 3.43. The molecule has 2 atom stereocenters. The van der Waals surface area contributed by atoms with Crippen LogP contribution in [0.25, 0.3) is 11.1 Å². The van der Waals surface area contributed by atoms with Crippen LogP contribution in [0.4, 0.5) is 0 Å². The molecule has 0 radical (unpaired) electrons. The van der Waals surface area contributed by atoms with Crippen molar-refractivity contribution in [2.75, 3.05) is 18.6 Å². The van der Waals surface area contributed by atoms with E-state index in [0.717, 1.165) is 59.9 Å². The number of unbranched alkanes of at least 4 members (excludes halogenated alkanes) is 1. The zero-order valence-corrected chi connectivity index (χ0v) is 25.2. The van der Waals surface area contributed by atoms with E-state index in [-0.39, 0.29) is 18.3 Å². The second-order valence-corrected chi connectivity index (χ2v) is 13.1. The van der Waals surface area contributed by atoms with E-state index in [0.29, 0.717) is 24.3 Å². The first kappa shape index (κ1) is 31.3. The van der Waals surface area contributed by atoms with Crippen LogP contribution in [0.2, 0.25) is 0 Å². The molecule has 0 bridgehead atoms. The van der Waals surface area contributed by atoms with Gasteiger partial charge in [0.25, 0.3) is 5.91 Å². The Morgan fingerprint density at radius 3 is 2.55 bits per heavy atom. The Balaban J connectivity index is 1.60. The number of sulfone groups is 1. The monoisotopic (exact) mass is 593 g/mol. The zero-order valence-electron chi connectivity index (χ0n) is 24.4. The predicted molar refractivity (Wildman–Crippen MR) is 163 cm³/mol. The van der Waals surface area contributed by atoms with Crippen LogP contribution in [0.3, 0.4) is 0 Å². The van der Waals surface area contributed by atoms with Gasteiger partial charge in [0.1, 0.15) is 21.6 Å². The van der Waals surface area contributed by atoms with Gasteiger partial charge in [-0.3, -0.25) is 4.79 Å². The van der Waals surface area contributed by atoms with Crippen LogP contribution in [0.1, 0.15) is 71.3 Å². The Hall–Kier alpha value is -3.69. The lowest BCUT2D eigenvalue weighted by atomic mass is 9.93. The first-order chi connectivity index (χ1) is 20.1. The molecule has 0 spiro atoms. The van der Waals surface area contributed by atoms with Crippen molar-refractivity contribution in [3.05, 3.63) is 88.5 Å². The lowest BCUT2D eigenvalue weighted by Gasteiger charge is -2.20. The van der Waals surface area contributed by atoms with Crippen LogP contribution in [0, 0.1) is 6.92 Å². The number of aliphatic carboxylic acids is 1. The Morgan fingerprint density at radius 1 is 1.05 bits per heavy atom. The molecule has 0 fully saturated rings. The molecule has 9 heteroatoms. The smallest absolute Gasteiger partial charge is 0.326 e. The fourth-order valence-electron chi connectivity index (χ4n) is 5.14. The SMILES string of the molecule is CCCC[C@H](OCc1ccc(C(=O)N[C@@H](CCS(C)(=O)=O)C(=O)O)c(-c2ccccc2C)c1)c1ccc2c(c1)CCO2. The minimum Gasteiger partial charge on any atom is -0.493 e. The summed E-state index contributed by atoms with van der Waals surface area (Å²) in [6.07, 6.45) is 4.57. The topological polar surface area (TPSA) is 119 Å². The van der Waals surface area contributed by atoms with Gasteiger partial charge in [0, 0.05) is 18.2 Å². The Kier molecular flexibility index (Phi) is 10.4. The lowest BCUT2D eigenvalue weighted by Crippen LogP contribution is -2.42.